The van der Waals surface area contributed by atoms with E-state index < -0.39 is 0 Å². The van der Waals surface area contributed by atoms with Crippen LogP contribution in [0.2, 0.25) is 5.02 Å². The molecule has 0 spiro atoms. The first-order valence-corrected chi connectivity index (χ1v) is 6.68. The van der Waals surface area contributed by atoms with Gasteiger partial charge in [0.05, 0.1) is 12.6 Å². The van der Waals surface area contributed by atoms with Gasteiger partial charge in [0.25, 0.3) is 5.91 Å². The van der Waals surface area contributed by atoms with E-state index in [0.717, 1.165) is 19.4 Å². The van der Waals surface area contributed by atoms with Gasteiger partial charge >= 0.3 is 0 Å². The Kier molecular flexibility index (Phi) is 4.25. The van der Waals surface area contributed by atoms with E-state index in [9.17, 15) is 9.90 Å². The van der Waals surface area contributed by atoms with Crippen LogP contribution >= 0.6 is 11.6 Å². The third kappa shape index (κ3) is 2.68. The number of nitrogens with zero attached hydrogens (tertiary/aromatic N) is 1. The van der Waals surface area contributed by atoms with E-state index in [4.69, 9.17) is 11.6 Å². The Morgan fingerprint density at radius 2 is 2.11 bits per heavy atom. The van der Waals surface area contributed by atoms with Gasteiger partial charge in [-0.25, -0.2) is 0 Å². The van der Waals surface area contributed by atoms with Gasteiger partial charge in [-0.05, 0) is 43.0 Å². The number of likely N-dealkylation sites (tertiary alicyclic amines) is 1. The van der Waals surface area contributed by atoms with E-state index in [1.807, 2.05) is 0 Å². The molecule has 2 unspecified atom stereocenters. The molecular weight excluding hydrogens is 250 g/mol. The molecule has 1 aromatic rings. The molecule has 3 nitrogen and oxygen atoms in total. The maximum absolute atomic E-state index is 12.4. The van der Waals surface area contributed by atoms with Gasteiger partial charge in [-0.2, -0.15) is 0 Å². The molecular formula is C14H18ClNO2. The van der Waals surface area contributed by atoms with Gasteiger partial charge < -0.3 is 10.0 Å². The minimum Gasteiger partial charge on any atom is -0.394 e. The minimum absolute atomic E-state index is 0.0164. The summed E-state index contributed by atoms with van der Waals surface area (Å²) in [4.78, 5) is 14.2. The van der Waals surface area contributed by atoms with E-state index >= 15 is 0 Å². The molecule has 18 heavy (non-hydrogen) atoms. The van der Waals surface area contributed by atoms with Crippen LogP contribution in [0.5, 0.6) is 0 Å². The molecule has 0 saturated carbocycles. The van der Waals surface area contributed by atoms with Gasteiger partial charge in [-0.1, -0.05) is 18.5 Å². The summed E-state index contributed by atoms with van der Waals surface area (Å²) in [6.45, 7) is 2.83. The first kappa shape index (κ1) is 13.4. The molecule has 1 aromatic carbocycles. The van der Waals surface area contributed by atoms with Crippen LogP contribution in [-0.4, -0.2) is 35.1 Å². The molecule has 1 amide bonds. The molecule has 1 heterocycles. The number of carbonyl (C=O) groups is 1. The normalized spacial score (nSPS) is 24.1. The number of aliphatic hydroxyl groups is 1. The average molecular weight is 268 g/mol. The molecule has 0 radical (unpaired) electrons. The van der Waals surface area contributed by atoms with Crippen LogP contribution in [0.3, 0.4) is 0 Å². The number of piperidine rings is 1. The number of carbonyl (C=O) groups excluding carboxylic acids is 1. The summed E-state index contributed by atoms with van der Waals surface area (Å²) >= 11 is 5.82. The predicted octanol–water partition coefficient (Wildman–Crippen LogP) is 2.57. The van der Waals surface area contributed by atoms with Crippen LogP contribution < -0.4 is 0 Å². The van der Waals surface area contributed by atoms with E-state index in [-0.39, 0.29) is 18.6 Å². The summed E-state index contributed by atoms with van der Waals surface area (Å²) in [6, 6.07) is 6.84. The van der Waals surface area contributed by atoms with Crippen molar-refractivity contribution in [2.24, 2.45) is 5.92 Å². The Hall–Kier alpha value is -1.06. The lowest BCUT2D eigenvalue weighted by Crippen LogP contribution is -2.49. The quantitative estimate of drug-likeness (QED) is 0.895. The number of aliphatic hydroxyl groups excluding tert-OH is 1. The minimum atomic E-state index is -0.0677. The van der Waals surface area contributed by atoms with Gasteiger partial charge in [0.2, 0.25) is 0 Å². The Morgan fingerprint density at radius 3 is 2.72 bits per heavy atom. The van der Waals surface area contributed by atoms with Gasteiger partial charge in [0.1, 0.15) is 0 Å². The Balaban J connectivity index is 2.18. The molecule has 1 saturated heterocycles. The molecule has 2 atom stereocenters. The molecule has 2 rings (SSSR count). The largest absolute Gasteiger partial charge is 0.394 e. The lowest BCUT2D eigenvalue weighted by atomic mass is 9.90. The number of rotatable bonds is 2. The standard InChI is InChI=1S/C14H18ClNO2/c1-10-3-2-8-16(13(10)9-17)14(18)11-4-6-12(15)7-5-11/h4-7,10,13,17H,2-3,8-9H2,1H3. The maximum Gasteiger partial charge on any atom is 0.254 e. The van der Waals surface area contributed by atoms with E-state index in [1.165, 1.54) is 0 Å². The second-order valence-corrected chi connectivity index (χ2v) is 5.31. The maximum atomic E-state index is 12.4. The summed E-state index contributed by atoms with van der Waals surface area (Å²) in [5, 5.41) is 10.1. The third-order valence-corrected chi connectivity index (χ3v) is 3.91. The number of amides is 1. The van der Waals surface area contributed by atoms with Crippen molar-refractivity contribution in [1.82, 2.24) is 4.90 Å². The van der Waals surface area contributed by atoms with Gasteiger partial charge in [-0.3, -0.25) is 4.79 Å². The fourth-order valence-electron chi connectivity index (χ4n) is 2.54. The fourth-order valence-corrected chi connectivity index (χ4v) is 2.66. The molecule has 1 aliphatic heterocycles. The van der Waals surface area contributed by atoms with Crippen molar-refractivity contribution in [3.05, 3.63) is 34.9 Å². The van der Waals surface area contributed by atoms with Crippen molar-refractivity contribution < 1.29 is 9.90 Å². The number of halogens is 1. The molecule has 98 valence electrons. The molecule has 1 aliphatic rings. The summed E-state index contributed by atoms with van der Waals surface area (Å²) < 4.78 is 0. The van der Waals surface area contributed by atoms with Crippen LogP contribution in [0.15, 0.2) is 24.3 Å². The molecule has 1 fully saturated rings. The van der Waals surface area contributed by atoms with Crippen molar-refractivity contribution in [2.45, 2.75) is 25.8 Å². The highest BCUT2D eigenvalue weighted by molar-refractivity contribution is 6.30. The van der Waals surface area contributed by atoms with Crippen molar-refractivity contribution >= 4 is 17.5 Å². The molecule has 0 aliphatic carbocycles. The summed E-state index contributed by atoms with van der Waals surface area (Å²) in [5.41, 5.74) is 0.631. The number of benzene rings is 1. The van der Waals surface area contributed by atoms with Gasteiger partial charge in [0, 0.05) is 17.1 Å². The van der Waals surface area contributed by atoms with Gasteiger partial charge in [-0.15, -0.1) is 0 Å². The molecule has 0 bridgehead atoms. The second kappa shape index (κ2) is 5.72. The Bertz CT molecular complexity index is 418. The highest BCUT2D eigenvalue weighted by atomic mass is 35.5. The highest BCUT2D eigenvalue weighted by Crippen LogP contribution is 2.25. The zero-order valence-electron chi connectivity index (χ0n) is 10.5. The Labute approximate surface area is 112 Å². The highest BCUT2D eigenvalue weighted by Gasteiger charge is 2.31. The van der Waals surface area contributed by atoms with Gasteiger partial charge in [0.15, 0.2) is 0 Å². The lowest BCUT2D eigenvalue weighted by molar-refractivity contribution is 0.0358. The smallest absolute Gasteiger partial charge is 0.254 e. The van der Waals surface area contributed by atoms with Crippen molar-refractivity contribution in [3.8, 4) is 0 Å². The number of hydrogen-bond acceptors (Lipinski definition) is 2. The lowest BCUT2D eigenvalue weighted by Gasteiger charge is -2.39. The SMILES string of the molecule is CC1CCCN(C(=O)c2ccc(Cl)cc2)C1CO. The Morgan fingerprint density at radius 1 is 1.44 bits per heavy atom. The van der Waals surface area contributed by atoms with Crippen molar-refractivity contribution in [3.63, 3.8) is 0 Å². The van der Waals surface area contributed by atoms with E-state index in [0.29, 0.717) is 16.5 Å². The second-order valence-electron chi connectivity index (χ2n) is 4.87. The van der Waals surface area contributed by atoms with Crippen molar-refractivity contribution in [1.29, 1.82) is 0 Å². The van der Waals surface area contributed by atoms with Crippen LogP contribution in [0, 0.1) is 5.92 Å². The fraction of sp³-hybridized carbons (Fsp3) is 0.500. The first-order valence-electron chi connectivity index (χ1n) is 6.31. The summed E-state index contributed by atoms with van der Waals surface area (Å²) in [5.74, 6) is 0.331. The summed E-state index contributed by atoms with van der Waals surface area (Å²) in [7, 11) is 0. The van der Waals surface area contributed by atoms with E-state index in [2.05, 4.69) is 6.92 Å². The zero-order chi connectivity index (χ0) is 13.1. The third-order valence-electron chi connectivity index (χ3n) is 3.65. The van der Waals surface area contributed by atoms with Crippen LogP contribution in [0.4, 0.5) is 0 Å². The first-order chi connectivity index (χ1) is 8.63. The van der Waals surface area contributed by atoms with E-state index in [1.54, 1.807) is 29.2 Å². The van der Waals surface area contributed by atoms with Crippen molar-refractivity contribution in [2.75, 3.05) is 13.2 Å². The number of hydrogen-bond donors (Lipinski definition) is 1. The van der Waals surface area contributed by atoms with Crippen LogP contribution in [-0.2, 0) is 0 Å². The molecule has 0 aromatic heterocycles. The van der Waals surface area contributed by atoms with Crippen LogP contribution in [0.1, 0.15) is 30.1 Å². The monoisotopic (exact) mass is 267 g/mol. The summed E-state index contributed by atoms with van der Waals surface area (Å²) in [6.07, 6.45) is 2.06. The molecule has 4 heteroatoms. The topological polar surface area (TPSA) is 40.5 Å². The molecule has 1 N–H and O–H groups in total. The predicted molar refractivity (Wildman–Crippen MR) is 71.8 cm³/mol. The average Bonchev–Trinajstić information content (AvgIpc) is 2.38. The zero-order valence-corrected chi connectivity index (χ0v) is 11.2. The van der Waals surface area contributed by atoms with Crippen LogP contribution in [0.25, 0.3) is 0 Å².